The summed E-state index contributed by atoms with van der Waals surface area (Å²) in [6, 6.07) is 0. The fourth-order valence-corrected chi connectivity index (χ4v) is 2.07. The van der Waals surface area contributed by atoms with Crippen molar-refractivity contribution in [3.8, 4) is 11.8 Å². The van der Waals surface area contributed by atoms with E-state index in [9.17, 15) is 4.79 Å². The van der Waals surface area contributed by atoms with Gasteiger partial charge < -0.3 is 4.74 Å². The van der Waals surface area contributed by atoms with E-state index in [-0.39, 0.29) is 12.1 Å². The molecule has 0 saturated heterocycles. The monoisotopic (exact) mass is 248 g/mol. The molecule has 1 rings (SSSR count). The van der Waals surface area contributed by atoms with Crippen LogP contribution in [-0.2, 0) is 9.53 Å². The maximum absolute atomic E-state index is 11.0. The van der Waals surface area contributed by atoms with E-state index in [1.807, 2.05) is 0 Å². The molecule has 0 saturated carbocycles. The van der Waals surface area contributed by atoms with E-state index in [1.54, 1.807) is 0 Å². The van der Waals surface area contributed by atoms with Gasteiger partial charge in [0.25, 0.3) is 0 Å². The Morgan fingerprint density at radius 3 is 2.89 bits per heavy atom. The highest BCUT2D eigenvalue weighted by Crippen LogP contribution is 2.16. The largest absolute Gasteiger partial charge is 0.449 e. The van der Waals surface area contributed by atoms with Crippen molar-refractivity contribution in [1.82, 2.24) is 0 Å². The van der Waals surface area contributed by atoms with Crippen LogP contribution in [0.5, 0.6) is 0 Å². The molecule has 0 aromatic rings. The van der Waals surface area contributed by atoms with Crippen LogP contribution in [0, 0.1) is 11.8 Å². The number of allylic oxidation sites excluding steroid dienone is 2. The topological polar surface area (TPSA) is 26.3 Å². The summed E-state index contributed by atoms with van der Waals surface area (Å²) in [5, 5.41) is 0. The van der Waals surface area contributed by atoms with Gasteiger partial charge in [0.1, 0.15) is 0 Å². The molecule has 0 bridgehead atoms. The molecule has 2 heteroatoms. The van der Waals surface area contributed by atoms with Gasteiger partial charge in [-0.05, 0) is 44.1 Å². The number of unbranched alkanes of at least 4 members (excludes halogenated alkanes) is 2. The van der Waals surface area contributed by atoms with Gasteiger partial charge in [-0.1, -0.05) is 37.7 Å². The van der Waals surface area contributed by atoms with Crippen molar-refractivity contribution in [2.75, 3.05) is 0 Å². The van der Waals surface area contributed by atoms with E-state index in [0.29, 0.717) is 0 Å². The summed E-state index contributed by atoms with van der Waals surface area (Å²) in [5.41, 5.74) is 1.22. The molecule has 100 valence electrons. The molecule has 0 amide bonds. The molecular weight excluding hydrogens is 224 g/mol. The summed E-state index contributed by atoms with van der Waals surface area (Å²) >= 11 is 0. The van der Waals surface area contributed by atoms with Gasteiger partial charge in [0, 0.05) is 6.92 Å². The number of ether oxygens (including phenoxy) is 1. The van der Waals surface area contributed by atoms with E-state index in [2.05, 4.69) is 24.8 Å². The second-order valence-electron chi connectivity index (χ2n) is 4.84. The third-order valence-corrected chi connectivity index (χ3v) is 3.06. The van der Waals surface area contributed by atoms with Gasteiger partial charge in [-0.25, -0.2) is 0 Å². The summed E-state index contributed by atoms with van der Waals surface area (Å²) in [4.78, 5) is 11.0. The average Bonchev–Trinajstić information content (AvgIpc) is 2.37. The Bertz CT molecular complexity index is 344. The Labute approximate surface area is 111 Å². The summed E-state index contributed by atoms with van der Waals surface area (Å²) < 4.78 is 5.25. The van der Waals surface area contributed by atoms with Crippen molar-refractivity contribution < 1.29 is 9.53 Å². The van der Waals surface area contributed by atoms with Crippen LogP contribution in [0.15, 0.2) is 11.6 Å². The number of hydrogen-bond acceptors (Lipinski definition) is 2. The van der Waals surface area contributed by atoms with Crippen LogP contribution in [0.25, 0.3) is 0 Å². The van der Waals surface area contributed by atoms with Crippen molar-refractivity contribution in [2.24, 2.45) is 0 Å². The van der Waals surface area contributed by atoms with Crippen molar-refractivity contribution in [1.29, 1.82) is 0 Å². The van der Waals surface area contributed by atoms with Crippen LogP contribution in [0.3, 0.4) is 0 Å². The highest BCUT2D eigenvalue weighted by molar-refractivity contribution is 5.66. The van der Waals surface area contributed by atoms with Crippen molar-refractivity contribution in [2.45, 2.75) is 71.3 Å². The van der Waals surface area contributed by atoms with Gasteiger partial charge in [0.15, 0.2) is 6.10 Å². The van der Waals surface area contributed by atoms with Crippen LogP contribution < -0.4 is 0 Å². The lowest BCUT2D eigenvalue weighted by atomic mass is 10.00. The van der Waals surface area contributed by atoms with E-state index in [0.717, 1.165) is 25.7 Å². The Hall–Kier alpha value is -1.23. The zero-order valence-electron chi connectivity index (χ0n) is 11.6. The average molecular weight is 248 g/mol. The van der Waals surface area contributed by atoms with Gasteiger partial charge in [-0.3, -0.25) is 4.79 Å². The summed E-state index contributed by atoms with van der Waals surface area (Å²) in [6.07, 6.45) is 11.0. The number of esters is 1. The lowest BCUT2D eigenvalue weighted by molar-refractivity contribution is -0.144. The third-order valence-electron chi connectivity index (χ3n) is 3.06. The van der Waals surface area contributed by atoms with Gasteiger partial charge in [-0.15, -0.1) is 0 Å². The summed E-state index contributed by atoms with van der Waals surface area (Å²) in [6.45, 7) is 3.62. The Morgan fingerprint density at radius 2 is 2.28 bits per heavy atom. The van der Waals surface area contributed by atoms with E-state index >= 15 is 0 Å². The number of carbonyl (C=O) groups excluding carboxylic acids is 1. The number of carbonyl (C=O) groups is 1. The first-order valence-corrected chi connectivity index (χ1v) is 7.10. The second-order valence-corrected chi connectivity index (χ2v) is 4.84. The minimum absolute atomic E-state index is 0.225. The smallest absolute Gasteiger partial charge is 0.303 e. The molecule has 0 spiro atoms. The van der Waals surface area contributed by atoms with E-state index in [1.165, 1.54) is 38.2 Å². The molecule has 1 aliphatic carbocycles. The molecule has 0 aromatic heterocycles. The zero-order valence-corrected chi connectivity index (χ0v) is 11.6. The molecule has 0 aromatic carbocycles. The van der Waals surface area contributed by atoms with Crippen molar-refractivity contribution in [3.63, 3.8) is 0 Å². The minimum atomic E-state index is -0.233. The first-order chi connectivity index (χ1) is 8.72. The quantitative estimate of drug-likeness (QED) is 0.417. The van der Waals surface area contributed by atoms with Crippen molar-refractivity contribution in [3.05, 3.63) is 11.6 Å². The number of hydrogen-bond donors (Lipinski definition) is 0. The lowest BCUT2D eigenvalue weighted by Crippen LogP contribution is -2.14. The van der Waals surface area contributed by atoms with Gasteiger partial charge in [0.05, 0.1) is 0 Å². The fraction of sp³-hybridized carbons (Fsp3) is 0.688. The highest BCUT2D eigenvalue weighted by Gasteiger charge is 2.08. The van der Waals surface area contributed by atoms with Gasteiger partial charge >= 0.3 is 5.97 Å². The summed E-state index contributed by atoms with van der Waals surface area (Å²) in [7, 11) is 0. The SMILES string of the molecule is CCCCCC(C#CC1=CCCCC1)OC(C)=O. The van der Waals surface area contributed by atoms with E-state index in [4.69, 9.17) is 4.74 Å². The van der Waals surface area contributed by atoms with E-state index < -0.39 is 0 Å². The molecule has 1 unspecified atom stereocenters. The van der Waals surface area contributed by atoms with Gasteiger partial charge in [0.2, 0.25) is 0 Å². The Morgan fingerprint density at radius 1 is 1.44 bits per heavy atom. The molecule has 0 radical (unpaired) electrons. The highest BCUT2D eigenvalue weighted by atomic mass is 16.5. The molecule has 18 heavy (non-hydrogen) atoms. The molecule has 0 fully saturated rings. The molecule has 2 nitrogen and oxygen atoms in total. The number of rotatable bonds is 5. The molecule has 0 N–H and O–H groups in total. The Balaban J connectivity index is 2.50. The lowest BCUT2D eigenvalue weighted by Gasteiger charge is -2.11. The van der Waals surface area contributed by atoms with Crippen LogP contribution in [0.4, 0.5) is 0 Å². The summed E-state index contributed by atoms with van der Waals surface area (Å²) in [5.74, 6) is 6.07. The van der Waals surface area contributed by atoms with Crippen molar-refractivity contribution >= 4 is 5.97 Å². The minimum Gasteiger partial charge on any atom is -0.449 e. The first-order valence-electron chi connectivity index (χ1n) is 7.10. The van der Waals surface area contributed by atoms with Gasteiger partial charge in [-0.2, -0.15) is 0 Å². The molecule has 1 aliphatic rings. The predicted molar refractivity (Wildman–Crippen MR) is 74.0 cm³/mol. The van der Waals surface area contributed by atoms with Crippen LogP contribution in [0.1, 0.15) is 65.2 Å². The molecule has 1 atom stereocenters. The van der Waals surface area contributed by atoms with Crippen LogP contribution in [0.2, 0.25) is 0 Å². The molecule has 0 heterocycles. The van der Waals surface area contributed by atoms with Crippen LogP contribution in [-0.4, -0.2) is 12.1 Å². The van der Waals surface area contributed by atoms with Crippen LogP contribution >= 0.6 is 0 Å². The fourth-order valence-electron chi connectivity index (χ4n) is 2.07. The standard InChI is InChI=1S/C16H24O2/c1-3-4-6-11-16(18-14(2)17)13-12-15-9-7-5-8-10-15/h9,16H,3-8,10-11H2,1-2H3. The third kappa shape index (κ3) is 6.49. The molecular formula is C16H24O2. The predicted octanol–water partition coefficient (Wildman–Crippen LogP) is 4.00. The zero-order chi connectivity index (χ0) is 13.2. The Kier molecular flexibility index (Phi) is 7.25. The molecule has 0 aliphatic heterocycles. The first kappa shape index (κ1) is 14.8. The normalized spacial score (nSPS) is 16.2. The maximum atomic E-state index is 11.0. The second kappa shape index (κ2) is 8.80. The maximum Gasteiger partial charge on any atom is 0.303 e.